The Labute approximate surface area is 135 Å². The van der Waals surface area contributed by atoms with Gasteiger partial charge in [0.1, 0.15) is 11.6 Å². The van der Waals surface area contributed by atoms with Crippen LogP contribution in [-0.4, -0.2) is 43.0 Å². The summed E-state index contributed by atoms with van der Waals surface area (Å²) in [6.07, 6.45) is 1.02. The first-order valence-electron chi connectivity index (χ1n) is 7.60. The van der Waals surface area contributed by atoms with Gasteiger partial charge in [-0.2, -0.15) is 0 Å². The van der Waals surface area contributed by atoms with Crippen LogP contribution in [-0.2, 0) is 11.2 Å². The number of nitrogens with one attached hydrogen (secondary N) is 1. The highest BCUT2D eigenvalue weighted by atomic mass is 19.1. The molecule has 1 N–H and O–H groups in total. The fourth-order valence-electron chi connectivity index (χ4n) is 2.18. The fourth-order valence-corrected chi connectivity index (χ4v) is 2.18. The van der Waals surface area contributed by atoms with Gasteiger partial charge >= 0.3 is 0 Å². The Morgan fingerprint density at radius 2 is 2.09 bits per heavy atom. The van der Waals surface area contributed by atoms with Crippen molar-refractivity contribution in [3.63, 3.8) is 0 Å². The van der Waals surface area contributed by atoms with E-state index in [1.54, 1.807) is 25.1 Å². The molecule has 23 heavy (non-hydrogen) atoms. The van der Waals surface area contributed by atoms with E-state index >= 15 is 0 Å². The van der Waals surface area contributed by atoms with Crippen LogP contribution in [0.25, 0.3) is 11.5 Å². The second kappa shape index (κ2) is 7.87. The number of halogens is 1. The Morgan fingerprint density at radius 3 is 2.78 bits per heavy atom. The van der Waals surface area contributed by atoms with E-state index in [2.05, 4.69) is 15.2 Å². The number of carbonyl (C=O) groups is 1. The normalized spacial score (nSPS) is 11.0. The van der Waals surface area contributed by atoms with Crippen molar-refractivity contribution in [2.45, 2.75) is 19.8 Å². The predicted octanol–water partition coefficient (Wildman–Crippen LogP) is 2.40. The molecule has 1 aromatic heterocycles. The summed E-state index contributed by atoms with van der Waals surface area (Å²) < 4.78 is 19.3. The lowest BCUT2D eigenvalue weighted by Gasteiger charge is -2.09. The molecule has 2 aromatic rings. The van der Waals surface area contributed by atoms with Gasteiger partial charge in [0.2, 0.25) is 11.8 Å². The lowest BCUT2D eigenvalue weighted by atomic mass is 10.2. The maximum absolute atomic E-state index is 13.8. The zero-order chi connectivity index (χ0) is 16.8. The Balaban J connectivity index is 1.96. The van der Waals surface area contributed by atoms with Crippen molar-refractivity contribution in [2.75, 3.05) is 27.2 Å². The third-order valence-corrected chi connectivity index (χ3v) is 3.43. The smallest absolute Gasteiger partial charge is 0.229 e. The summed E-state index contributed by atoms with van der Waals surface area (Å²) >= 11 is 0. The molecule has 0 aliphatic heterocycles. The van der Waals surface area contributed by atoms with Gasteiger partial charge in [-0.3, -0.25) is 4.79 Å². The highest BCUT2D eigenvalue weighted by molar-refractivity contribution is 5.78. The largest absolute Gasteiger partial charge is 0.441 e. The number of hydrogen-bond donors (Lipinski definition) is 1. The summed E-state index contributed by atoms with van der Waals surface area (Å²) in [5, 5.41) is 2.85. The quantitative estimate of drug-likeness (QED) is 0.796. The van der Waals surface area contributed by atoms with Crippen molar-refractivity contribution < 1.29 is 13.6 Å². The molecule has 1 amide bonds. The third-order valence-electron chi connectivity index (χ3n) is 3.43. The van der Waals surface area contributed by atoms with Crippen molar-refractivity contribution in [2.24, 2.45) is 0 Å². The molecule has 0 atom stereocenters. The zero-order valence-corrected chi connectivity index (χ0v) is 13.7. The summed E-state index contributed by atoms with van der Waals surface area (Å²) in [7, 11) is 3.98. The minimum Gasteiger partial charge on any atom is -0.441 e. The summed E-state index contributed by atoms with van der Waals surface area (Å²) in [6, 6.07) is 6.28. The van der Waals surface area contributed by atoms with Crippen LogP contribution in [0.15, 0.2) is 28.7 Å². The van der Waals surface area contributed by atoms with Gasteiger partial charge in [-0.15, -0.1) is 0 Å². The van der Waals surface area contributed by atoms with Crippen LogP contribution in [0.2, 0.25) is 0 Å². The van der Waals surface area contributed by atoms with Crippen LogP contribution >= 0.6 is 0 Å². The van der Waals surface area contributed by atoms with Crippen LogP contribution < -0.4 is 5.32 Å². The molecule has 0 saturated heterocycles. The van der Waals surface area contributed by atoms with Crippen molar-refractivity contribution in [3.05, 3.63) is 41.5 Å². The number of amides is 1. The van der Waals surface area contributed by atoms with Crippen LogP contribution in [0.1, 0.15) is 17.9 Å². The Morgan fingerprint density at radius 1 is 1.35 bits per heavy atom. The molecular weight excluding hydrogens is 297 g/mol. The van der Waals surface area contributed by atoms with Crippen LogP contribution in [0.5, 0.6) is 0 Å². The van der Waals surface area contributed by atoms with Crippen molar-refractivity contribution in [3.8, 4) is 11.5 Å². The molecule has 0 aliphatic carbocycles. The first-order chi connectivity index (χ1) is 11.0. The number of aromatic nitrogens is 1. The second-order valence-electron chi connectivity index (χ2n) is 5.69. The fraction of sp³-hybridized carbons (Fsp3) is 0.412. The maximum Gasteiger partial charge on any atom is 0.229 e. The van der Waals surface area contributed by atoms with Crippen LogP contribution in [0, 0.1) is 12.7 Å². The first-order valence-corrected chi connectivity index (χ1v) is 7.60. The molecule has 0 radical (unpaired) electrons. The SMILES string of the molecule is Cc1oc(-c2ccccc2F)nc1CC(=O)NCCCN(C)C. The van der Waals surface area contributed by atoms with Crippen LogP contribution in [0.4, 0.5) is 4.39 Å². The van der Waals surface area contributed by atoms with Gasteiger partial charge < -0.3 is 14.6 Å². The van der Waals surface area contributed by atoms with Crippen molar-refractivity contribution >= 4 is 5.91 Å². The summed E-state index contributed by atoms with van der Waals surface area (Å²) in [4.78, 5) is 18.3. The van der Waals surface area contributed by atoms with E-state index in [0.717, 1.165) is 13.0 Å². The number of aryl methyl sites for hydroxylation is 1. The molecule has 2 rings (SSSR count). The van der Waals surface area contributed by atoms with Crippen molar-refractivity contribution in [1.29, 1.82) is 0 Å². The number of carbonyl (C=O) groups excluding carboxylic acids is 1. The molecule has 1 aromatic carbocycles. The monoisotopic (exact) mass is 319 g/mol. The highest BCUT2D eigenvalue weighted by Gasteiger charge is 2.16. The summed E-state index contributed by atoms with van der Waals surface area (Å²) in [5.74, 6) is 0.233. The minimum absolute atomic E-state index is 0.111. The molecule has 5 nitrogen and oxygen atoms in total. The Kier molecular flexibility index (Phi) is 5.87. The molecule has 1 heterocycles. The molecule has 0 saturated carbocycles. The van der Waals surface area contributed by atoms with Gasteiger partial charge in [0.05, 0.1) is 17.7 Å². The molecule has 0 spiro atoms. The molecule has 124 valence electrons. The van der Waals surface area contributed by atoms with Gasteiger partial charge in [-0.25, -0.2) is 9.37 Å². The number of benzene rings is 1. The van der Waals surface area contributed by atoms with Crippen molar-refractivity contribution in [1.82, 2.24) is 15.2 Å². The van der Waals surface area contributed by atoms with Gasteiger partial charge in [0.15, 0.2) is 0 Å². The Hall–Kier alpha value is -2.21. The van der Waals surface area contributed by atoms with Gasteiger partial charge in [-0.05, 0) is 46.1 Å². The summed E-state index contributed by atoms with van der Waals surface area (Å²) in [5.41, 5.74) is 0.835. The zero-order valence-electron chi connectivity index (χ0n) is 13.7. The lowest BCUT2D eigenvalue weighted by Crippen LogP contribution is -2.28. The third kappa shape index (κ3) is 4.89. The average Bonchev–Trinajstić information content (AvgIpc) is 2.85. The first kappa shape index (κ1) is 17.1. The topological polar surface area (TPSA) is 58.4 Å². The van der Waals surface area contributed by atoms with E-state index < -0.39 is 5.82 Å². The minimum atomic E-state index is -0.395. The van der Waals surface area contributed by atoms with E-state index in [-0.39, 0.29) is 18.2 Å². The number of rotatable bonds is 7. The highest BCUT2D eigenvalue weighted by Crippen LogP contribution is 2.24. The molecule has 0 bridgehead atoms. The van der Waals surface area contributed by atoms with E-state index in [0.29, 0.717) is 23.6 Å². The van der Waals surface area contributed by atoms with E-state index in [1.807, 2.05) is 14.1 Å². The van der Waals surface area contributed by atoms with Crippen LogP contribution in [0.3, 0.4) is 0 Å². The van der Waals surface area contributed by atoms with Gasteiger partial charge in [0.25, 0.3) is 0 Å². The maximum atomic E-state index is 13.8. The van der Waals surface area contributed by atoms with E-state index in [4.69, 9.17) is 4.42 Å². The molecule has 0 unspecified atom stereocenters. The molecule has 0 aliphatic rings. The Bertz CT molecular complexity index is 668. The number of nitrogens with zero attached hydrogens (tertiary/aromatic N) is 2. The van der Waals surface area contributed by atoms with Gasteiger partial charge in [-0.1, -0.05) is 12.1 Å². The number of oxazole rings is 1. The standard InChI is InChI=1S/C17H22FN3O2/c1-12-15(11-16(22)19-9-6-10-21(2)3)20-17(23-12)13-7-4-5-8-14(13)18/h4-5,7-8H,6,9-11H2,1-3H3,(H,19,22). The molecule has 0 fully saturated rings. The number of hydrogen-bond acceptors (Lipinski definition) is 4. The molecule has 6 heteroatoms. The van der Waals surface area contributed by atoms with E-state index in [1.165, 1.54) is 6.07 Å². The molecular formula is C17H22FN3O2. The second-order valence-corrected chi connectivity index (χ2v) is 5.69. The lowest BCUT2D eigenvalue weighted by molar-refractivity contribution is -0.120. The average molecular weight is 319 g/mol. The predicted molar refractivity (Wildman–Crippen MR) is 86.5 cm³/mol. The summed E-state index contributed by atoms with van der Waals surface area (Å²) in [6.45, 7) is 3.26. The van der Waals surface area contributed by atoms with Gasteiger partial charge in [0, 0.05) is 6.54 Å². The van der Waals surface area contributed by atoms with E-state index in [9.17, 15) is 9.18 Å².